The Hall–Kier alpha value is -2.26. The molecule has 27 heavy (non-hydrogen) atoms. The van der Waals surface area contributed by atoms with Gasteiger partial charge in [0.25, 0.3) is 0 Å². The van der Waals surface area contributed by atoms with E-state index in [4.69, 9.17) is 4.74 Å². The summed E-state index contributed by atoms with van der Waals surface area (Å²) in [5.74, 6) is -0.681. The Kier molecular flexibility index (Phi) is 5.34. The molecule has 0 spiro atoms. The molecule has 1 saturated heterocycles. The number of ketones is 1. The number of benzene rings is 1. The SMILES string of the molecule is CC(=O)c1csc(NC(=O)C2(c3cccc(C(F)(F)F)c3)CCOCC2)n1. The Morgan fingerprint density at radius 2 is 1.96 bits per heavy atom. The van der Waals surface area contributed by atoms with Crippen molar-refractivity contribution in [2.45, 2.75) is 31.4 Å². The first-order chi connectivity index (χ1) is 12.7. The number of nitrogens with one attached hydrogen (secondary N) is 1. The number of carbonyl (C=O) groups is 2. The summed E-state index contributed by atoms with van der Waals surface area (Å²) in [5.41, 5.74) is -1.43. The molecule has 0 aliphatic carbocycles. The number of thiazole rings is 1. The van der Waals surface area contributed by atoms with Crippen LogP contribution in [-0.2, 0) is 21.1 Å². The standard InChI is InChI=1S/C18H17F3N2O3S/c1-11(24)14-10-27-16(22-14)23-15(25)17(5-7-26-8-6-17)12-3-2-4-13(9-12)18(19,20)21/h2-4,9-10H,5-8H2,1H3,(H,22,23,25). The second-order valence-electron chi connectivity index (χ2n) is 6.32. The summed E-state index contributed by atoms with van der Waals surface area (Å²) in [4.78, 5) is 28.5. The highest BCUT2D eigenvalue weighted by Gasteiger charge is 2.43. The van der Waals surface area contributed by atoms with Crippen molar-refractivity contribution in [1.29, 1.82) is 0 Å². The van der Waals surface area contributed by atoms with Gasteiger partial charge in [0.05, 0.1) is 11.0 Å². The van der Waals surface area contributed by atoms with Gasteiger partial charge in [-0.2, -0.15) is 13.2 Å². The third-order valence-corrected chi connectivity index (χ3v) is 5.37. The minimum atomic E-state index is -4.50. The number of Topliss-reactive ketones (excluding diaryl/α,β-unsaturated/α-hetero) is 1. The molecule has 144 valence electrons. The first kappa shape index (κ1) is 19.5. The lowest BCUT2D eigenvalue weighted by molar-refractivity contribution is -0.138. The summed E-state index contributed by atoms with van der Waals surface area (Å²) in [6, 6.07) is 4.84. The molecule has 0 unspecified atom stereocenters. The fraction of sp³-hybridized carbons (Fsp3) is 0.389. The van der Waals surface area contributed by atoms with Crippen LogP contribution in [0.3, 0.4) is 0 Å². The molecule has 0 bridgehead atoms. The van der Waals surface area contributed by atoms with Gasteiger partial charge in [0.2, 0.25) is 5.91 Å². The maximum Gasteiger partial charge on any atom is 0.416 e. The lowest BCUT2D eigenvalue weighted by atomic mass is 9.73. The van der Waals surface area contributed by atoms with E-state index in [2.05, 4.69) is 10.3 Å². The van der Waals surface area contributed by atoms with Crippen molar-refractivity contribution in [2.24, 2.45) is 0 Å². The second-order valence-corrected chi connectivity index (χ2v) is 7.18. The normalized spacial score (nSPS) is 16.7. The van der Waals surface area contributed by atoms with Crippen LogP contribution >= 0.6 is 11.3 Å². The molecule has 2 aromatic rings. The van der Waals surface area contributed by atoms with E-state index < -0.39 is 23.1 Å². The van der Waals surface area contributed by atoms with Gasteiger partial charge in [-0.3, -0.25) is 9.59 Å². The first-order valence-electron chi connectivity index (χ1n) is 8.26. The van der Waals surface area contributed by atoms with Gasteiger partial charge in [-0.15, -0.1) is 11.3 Å². The lowest BCUT2D eigenvalue weighted by Crippen LogP contribution is -2.45. The number of anilines is 1. The fourth-order valence-electron chi connectivity index (χ4n) is 3.07. The highest BCUT2D eigenvalue weighted by Crippen LogP contribution is 2.39. The number of hydrogen-bond donors (Lipinski definition) is 1. The second kappa shape index (κ2) is 7.40. The summed E-state index contributed by atoms with van der Waals surface area (Å²) < 4.78 is 44.7. The third-order valence-electron chi connectivity index (χ3n) is 4.61. The van der Waals surface area contributed by atoms with Crippen LogP contribution in [0.5, 0.6) is 0 Å². The Balaban J connectivity index is 1.95. The largest absolute Gasteiger partial charge is 0.416 e. The smallest absolute Gasteiger partial charge is 0.381 e. The number of ether oxygens (including phenoxy) is 1. The molecule has 1 aliphatic heterocycles. The van der Waals surface area contributed by atoms with Crippen molar-refractivity contribution >= 4 is 28.2 Å². The number of amides is 1. The number of hydrogen-bond acceptors (Lipinski definition) is 5. The summed E-state index contributed by atoms with van der Waals surface area (Å²) in [7, 11) is 0. The van der Waals surface area contributed by atoms with E-state index in [-0.39, 0.29) is 42.7 Å². The Labute approximate surface area is 157 Å². The van der Waals surface area contributed by atoms with Crippen molar-refractivity contribution in [3.63, 3.8) is 0 Å². The van der Waals surface area contributed by atoms with Gasteiger partial charge in [0, 0.05) is 25.5 Å². The van der Waals surface area contributed by atoms with Gasteiger partial charge in [-0.1, -0.05) is 18.2 Å². The number of aromatic nitrogens is 1. The van der Waals surface area contributed by atoms with Crippen LogP contribution in [-0.4, -0.2) is 29.9 Å². The molecule has 1 aliphatic rings. The summed E-state index contributed by atoms with van der Waals surface area (Å²) in [5, 5.41) is 4.43. The zero-order valence-electron chi connectivity index (χ0n) is 14.4. The summed E-state index contributed by atoms with van der Waals surface area (Å²) in [6.45, 7) is 1.89. The molecule has 1 N–H and O–H groups in total. The van der Waals surface area contributed by atoms with Crippen molar-refractivity contribution < 1.29 is 27.5 Å². The predicted molar refractivity (Wildman–Crippen MR) is 93.9 cm³/mol. The molecule has 1 amide bonds. The minimum absolute atomic E-state index is 0.231. The van der Waals surface area contributed by atoms with Crippen LogP contribution in [0.1, 0.15) is 41.4 Å². The third kappa shape index (κ3) is 4.03. The molecule has 5 nitrogen and oxygen atoms in total. The van der Waals surface area contributed by atoms with Crippen molar-refractivity contribution in [1.82, 2.24) is 4.98 Å². The number of halogens is 3. The zero-order chi connectivity index (χ0) is 19.7. The first-order valence-corrected chi connectivity index (χ1v) is 9.14. The maximum atomic E-state index is 13.1. The molecule has 9 heteroatoms. The zero-order valence-corrected chi connectivity index (χ0v) is 15.2. The van der Waals surface area contributed by atoms with Crippen molar-refractivity contribution in [2.75, 3.05) is 18.5 Å². The van der Waals surface area contributed by atoms with Crippen molar-refractivity contribution in [3.8, 4) is 0 Å². The molecule has 1 aromatic carbocycles. The molecule has 2 heterocycles. The topological polar surface area (TPSA) is 68.3 Å². The van der Waals surface area contributed by atoms with Gasteiger partial charge in [-0.25, -0.2) is 4.98 Å². The highest BCUT2D eigenvalue weighted by atomic mass is 32.1. The minimum Gasteiger partial charge on any atom is -0.381 e. The van der Waals surface area contributed by atoms with Gasteiger partial charge >= 0.3 is 6.18 Å². The van der Waals surface area contributed by atoms with Crippen LogP contribution < -0.4 is 5.32 Å². The molecular weight excluding hydrogens is 381 g/mol. The lowest BCUT2D eigenvalue weighted by Gasteiger charge is -2.36. The number of carbonyl (C=O) groups excluding carboxylic acids is 2. The monoisotopic (exact) mass is 398 g/mol. The Bertz CT molecular complexity index is 858. The van der Waals surface area contributed by atoms with E-state index in [0.29, 0.717) is 5.56 Å². The van der Waals surface area contributed by atoms with E-state index >= 15 is 0 Å². The van der Waals surface area contributed by atoms with Crippen LogP contribution in [0.15, 0.2) is 29.6 Å². The maximum absolute atomic E-state index is 13.1. The van der Waals surface area contributed by atoms with Crippen LogP contribution in [0.25, 0.3) is 0 Å². The van der Waals surface area contributed by atoms with Crippen LogP contribution in [0.2, 0.25) is 0 Å². The Morgan fingerprint density at radius 1 is 1.26 bits per heavy atom. The van der Waals surface area contributed by atoms with E-state index in [1.165, 1.54) is 24.4 Å². The molecule has 0 atom stereocenters. The molecule has 0 radical (unpaired) electrons. The molecule has 3 rings (SSSR count). The van der Waals surface area contributed by atoms with Crippen LogP contribution in [0.4, 0.5) is 18.3 Å². The summed E-state index contributed by atoms with van der Waals surface area (Å²) >= 11 is 1.10. The highest BCUT2D eigenvalue weighted by molar-refractivity contribution is 7.14. The van der Waals surface area contributed by atoms with Gasteiger partial charge in [-0.05, 0) is 24.5 Å². The van der Waals surface area contributed by atoms with Gasteiger partial charge in [0.15, 0.2) is 10.9 Å². The van der Waals surface area contributed by atoms with Gasteiger partial charge < -0.3 is 10.1 Å². The number of nitrogens with zero attached hydrogens (tertiary/aromatic N) is 1. The molecule has 1 aromatic heterocycles. The van der Waals surface area contributed by atoms with E-state index in [1.54, 1.807) is 0 Å². The van der Waals surface area contributed by atoms with E-state index in [0.717, 1.165) is 23.5 Å². The molecule has 0 saturated carbocycles. The summed E-state index contributed by atoms with van der Waals surface area (Å²) in [6.07, 6.45) is -3.99. The molecular formula is C18H17F3N2O3S. The fourth-order valence-corrected chi connectivity index (χ4v) is 3.81. The molecule has 1 fully saturated rings. The van der Waals surface area contributed by atoms with Gasteiger partial charge in [0.1, 0.15) is 5.69 Å². The van der Waals surface area contributed by atoms with Crippen LogP contribution in [0, 0.1) is 0 Å². The predicted octanol–water partition coefficient (Wildman–Crippen LogP) is 4.05. The quantitative estimate of drug-likeness (QED) is 0.789. The van der Waals surface area contributed by atoms with E-state index in [9.17, 15) is 22.8 Å². The Morgan fingerprint density at radius 3 is 2.56 bits per heavy atom. The number of alkyl halides is 3. The van der Waals surface area contributed by atoms with Crippen molar-refractivity contribution in [3.05, 3.63) is 46.5 Å². The van der Waals surface area contributed by atoms with E-state index in [1.807, 2.05) is 0 Å². The average molecular weight is 398 g/mol. The average Bonchev–Trinajstić information content (AvgIpc) is 3.10. The number of rotatable bonds is 4.